The van der Waals surface area contributed by atoms with Crippen molar-refractivity contribution in [1.29, 1.82) is 0 Å². The summed E-state index contributed by atoms with van der Waals surface area (Å²) in [5, 5.41) is 11.5. The Labute approximate surface area is 118 Å². The van der Waals surface area contributed by atoms with Crippen molar-refractivity contribution >= 4 is 21.9 Å². The van der Waals surface area contributed by atoms with Crippen molar-refractivity contribution in [2.45, 2.75) is 38.1 Å². The number of amides is 1. The summed E-state index contributed by atoms with van der Waals surface area (Å²) < 4.78 is 24.3. The molecule has 0 saturated carbocycles. The minimum absolute atomic E-state index is 0.0382. The molecular weight excluding hydrogens is 284 g/mol. The molecule has 1 spiro atoms. The number of nitrogens with one attached hydrogen (secondary N) is 1. The third-order valence-electron chi connectivity index (χ3n) is 4.31. The Kier molecular flexibility index (Phi) is 4.06. The molecule has 0 aromatic rings. The monoisotopic (exact) mass is 304 g/mol. The average Bonchev–Trinajstić information content (AvgIpc) is 2.63. The predicted octanol–water partition coefficient (Wildman–Crippen LogP) is -0.218. The molecule has 2 aliphatic heterocycles. The van der Waals surface area contributed by atoms with Gasteiger partial charge in [-0.15, -0.1) is 0 Å². The van der Waals surface area contributed by atoms with Crippen molar-refractivity contribution < 1.29 is 23.1 Å². The lowest BCUT2D eigenvalue weighted by Gasteiger charge is -2.36. The van der Waals surface area contributed by atoms with Gasteiger partial charge >= 0.3 is 5.97 Å². The number of carboxylic acid groups (broad SMARTS) is 1. The normalized spacial score (nSPS) is 26.6. The fourth-order valence-electron chi connectivity index (χ4n) is 3.10. The van der Waals surface area contributed by atoms with Crippen molar-refractivity contribution in [1.82, 2.24) is 9.62 Å². The standard InChI is InChI=1S/C12H20N2O5S/c1-20(18,19)14-6-4-12(5-7-14)8-9(13-11(12)17)2-3-10(15)16/h9H,2-8H2,1H3,(H,13,17)(H,15,16). The number of carbonyl (C=O) groups excluding carboxylic acids is 1. The van der Waals surface area contributed by atoms with Crippen LogP contribution in [0.3, 0.4) is 0 Å². The summed E-state index contributed by atoms with van der Waals surface area (Å²) in [5.41, 5.74) is -0.510. The number of aliphatic carboxylic acids is 1. The average molecular weight is 304 g/mol. The lowest BCUT2D eigenvalue weighted by Crippen LogP contribution is -2.45. The van der Waals surface area contributed by atoms with E-state index in [1.54, 1.807) is 0 Å². The second-order valence-electron chi connectivity index (χ2n) is 5.75. The van der Waals surface area contributed by atoms with E-state index in [9.17, 15) is 18.0 Å². The van der Waals surface area contributed by atoms with E-state index < -0.39 is 21.4 Å². The van der Waals surface area contributed by atoms with Gasteiger partial charge in [-0.2, -0.15) is 0 Å². The fourth-order valence-corrected chi connectivity index (χ4v) is 3.95. The summed E-state index contributed by atoms with van der Waals surface area (Å²) in [6.07, 6.45) is 3.27. The van der Waals surface area contributed by atoms with Crippen LogP contribution in [0.25, 0.3) is 0 Å². The van der Waals surface area contributed by atoms with Gasteiger partial charge in [-0.25, -0.2) is 12.7 Å². The number of sulfonamides is 1. The van der Waals surface area contributed by atoms with Crippen LogP contribution in [0.5, 0.6) is 0 Å². The Morgan fingerprint density at radius 1 is 1.45 bits per heavy atom. The van der Waals surface area contributed by atoms with Gasteiger partial charge in [0.15, 0.2) is 0 Å². The van der Waals surface area contributed by atoms with E-state index in [0.717, 1.165) is 0 Å². The number of hydrogen-bond donors (Lipinski definition) is 2. The first-order chi connectivity index (χ1) is 9.23. The highest BCUT2D eigenvalue weighted by molar-refractivity contribution is 7.88. The van der Waals surface area contributed by atoms with Gasteiger partial charge in [0.05, 0.1) is 11.7 Å². The first kappa shape index (κ1) is 15.2. The minimum Gasteiger partial charge on any atom is -0.481 e. The summed E-state index contributed by atoms with van der Waals surface area (Å²) in [5.74, 6) is -0.923. The van der Waals surface area contributed by atoms with Crippen LogP contribution >= 0.6 is 0 Å². The van der Waals surface area contributed by atoms with Crippen molar-refractivity contribution in [2.24, 2.45) is 5.41 Å². The quantitative estimate of drug-likeness (QED) is 0.747. The van der Waals surface area contributed by atoms with Crippen molar-refractivity contribution in [3.63, 3.8) is 0 Å². The van der Waals surface area contributed by atoms with Crippen LogP contribution in [0.1, 0.15) is 32.1 Å². The van der Waals surface area contributed by atoms with Gasteiger partial charge in [0.25, 0.3) is 0 Å². The van der Waals surface area contributed by atoms with Gasteiger partial charge in [0.2, 0.25) is 15.9 Å². The maximum atomic E-state index is 12.1. The molecule has 8 heteroatoms. The summed E-state index contributed by atoms with van der Waals surface area (Å²) in [4.78, 5) is 22.7. The number of rotatable bonds is 4. The molecule has 1 amide bonds. The highest BCUT2D eigenvalue weighted by Crippen LogP contribution is 2.41. The van der Waals surface area contributed by atoms with Gasteiger partial charge in [0, 0.05) is 25.6 Å². The Bertz CT molecular complexity index is 508. The van der Waals surface area contributed by atoms with E-state index in [0.29, 0.717) is 38.8 Å². The van der Waals surface area contributed by atoms with E-state index >= 15 is 0 Å². The maximum Gasteiger partial charge on any atom is 0.303 e. The van der Waals surface area contributed by atoms with E-state index in [2.05, 4.69) is 5.32 Å². The highest BCUT2D eigenvalue weighted by Gasteiger charge is 2.48. The van der Waals surface area contributed by atoms with E-state index in [-0.39, 0.29) is 18.4 Å². The smallest absolute Gasteiger partial charge is 0.303 e. The molecule has 2 N–H and O–H groups in total. The number of piperidine rings is 1. The lowest BCUT2D eigenvalue weighted by molar-refractivity contribution is -0.137. The van der Waals surface area contributed by atoms with Gasteiger partial charge in [-0.3, -0.25) is 9.59 Å². The summed E-state index contributed by atoms with van der Waals surface area (Å²) in [6, 6.07) is -0.108. The van der Waals surface area contributed by atoms with E-state index in [1.807, 2.05) is 0 Å². The molecule has 0 aliphatic carbocycles. The van der Waals surface area contributed by atoms with Gasteiger partial charge in [-0.1, -0.05) is 0 Å². The lowest BCUT2D eigenvalue weighted by atomic mass is 9.76. The molecular formula is C12H20N2O5S. The minimum atomic E-state index is -3.20. The van der Waals surface area contributed by atoms with E-state index in [4.69, 9.17) is 5.11 Å². The van der Waals surface area contributed by atoms with Crippen molar-refractivity contribution in [3.05, 3.63) is 0 Å². The topological polar surface area (TPSA) is 104 Å². The van der Waals surface area contributed by atoms with Gasteiger partial charge in [-0.05, 0) is 25.7 Å². The van der Waals surface area contributed by atoms with Crippen LogP contribution in [-0.2, 0) is 19.6 Å². The maximum absolute atomic E-state index is 12.1. The molecule has 2 fully saturated rings. The van der Waals surface area contributed by atoms with Gasteiger partial charge in [0.1, 0.15) is 0 Å². The third-order valence-corrected chi connectivity index (χ3v) is 5.61. The second kappa shape index (κ2) is 5.33. The first-order valence-electron chi connectivity index (χ1n) is 6.71. The first-order valence-corrected chi connectivity index (χ1v) is 8.56. The Morgan fingerprint density at radius 2 is 2.05 bits per heavy atom. The Morgan fingerprint density at radius 3 is 2.55 bits per heavy atom. The summed E-state index contributed by atoms with van der Waals surface area (Å²) >= 11 is 0. The van der Waals surface area contributed by atoms with E-state index in [1.165, 1.54) is 10.6 Å². The van der Waals surface area contributed by atoms with Crippen molar-refractivity contribution in [2.75, 3.05) is 19.3 Å². The zero-order chi connectivity index (χ0) is 15.0. The Hall–Kier alpha value is -1.15. The number of carbonyl (C=O) groups is 2. The largest absolute Gasteiger partial charge is 0.481 e. The highest BCUT2D eigenvalue weighted by atomic mass is 32.2. The molecule has 2 saturated heterocycles. The second-order valence-corrected chi connectivity index (χ2v) is 7.73. The Balaban J connectivity index is 1.96. The van der Waals surface area contributed by atoms with Crippen LogP contribution in [0.2, 0.25) is 0 Å². The van der Waals surface area contributed by atoms with Gasteiger partial charge < -0.3 is 10.4 Å². The zero-order valence-electron chi connectivity index (χ0n) is 11.5. The molecule has 2 rings (SSSR count). The molecule has 0 aromatic carbocycles. The molecule has 2 heterocycles. The molecule has 1 atom stereocenters. The molecule has 0 bridgehead atoms. The number of hydrogen-bond acceptors (Lipinski definition) is 4. The molecule has 20 heavy (non-hydrogen) atoms. The van der Waals surface area contributed by atoms with Crippen LogP contribution in [0, 0.1) is 5.41 Å². The van der Waals surface area contributed by atoms with Crippen LogP contribution in [-0.4, -0.2) is 55.1 Å². The summed E-state index contributed by atoms with van der Waals surface area (Å²) in [6.45, 7) is 0.718. The molecule has 0 aromatic heterocycles. The number of nitrogens with zero attached hydrogens (tertiary/aromatic N) is 1. The molecule has 0 radical (unpaired) electrons. The molecule has 1 unspecified atom stereocenters. The fraction of sp³-hybridized carbons (Fsp3) is 0.833. The third kappa shape index (κ3) is 3.12. The predicted molar refractivity (Wildman–Crippen MR) is 71.5 cm³/mol. The van der Waals surface area contributed by atoms with Crippen molar-refractivity contribution in [3.8, 4) is 0 Å². The SMILES string of the molecule is CS(=O)(=O)N1CCC2(CC1)CC(CCC(=O)O)NC2=O. The van der Waals surface area contributed by atoms with Crippen LogP contribution in [0.15, 0.2) is 0 Å². The number of carboxylic acids is 1. The molecule has 7 nitrogen and oxygen atoms in total. The zero-order valence-corrected chi connectivity index (χ0v) is 12.3. The van der Waals surface area contributed by atoms with Crippen LogP contribution < -0.4 is 5.32 Å². The molecule has 2 aliphatic rings. The summed E-state index contributed by atoms with van der Waals surface area (Å²) in [7, 11) is -3.20. The van der Waals surface area contributed by atoms with Crippen LogP contribution in [0.4, 0.5) is 0 Å². The molecule has 114 valence electrons.